The summed E-state index contributed by atoms with van der Waals surface area (Å²) in [5.74, 6) is -0.0905. The van der Waals surface area contributed by atoms with Gasteiger partial charge in [0.1, 0.15) is 11.5 Å². The normalized spacial score (nSPS) is 25.5. The molecule has 0 saturated heterocycles. The van der Waals surface area contributed by atoms with E-state index in [0.29, 0.717) is 5.71 Å². The van der Waals surface area contributed by atoms with Gasteiger partial charge in [0.05, 0.1) is 10.6 Å². The molecule has 1 aromatic carbocycles. The van der Waals surface area contributed by atoms with Crippen LogP contribution in [0.15, 0.2) is 40.3 Å². The lowest BCUT2D eigenvalue weighted by Crippen LogP contribution is -2.34. The molecule has 1 aromatic rings. The molecule has 3 N–H and O–H groups in total. The molecule has 1 fully saturated rings. The lowest BCUT2D eigenvalue weighted by Gasteiger charge is -2.32. The molecule has 3 rings (SSSR count). The summed E-state index contributed by atoms with van der Waals surface area (Å²) in [5, 5.41) is 14.0. The van der Waals surface area contributed by atoms with Gasteiger partial charge in [-0.1, -0.05) is 18.9 Å². The van der Waals surface area contributed by atoms with Crippen molar-refractivity contribution in [2.24, 2.45) is 16.9 Å². The van der Waals surface area contributed by atoms with E-state index in [1.807, 2.05) is 6.08 Å². The minimum Gasteiger partial charge on any atom is -0.506 e. The monoisotopic (exact) mass is 350 g/mol. The second-order valence-electron chi connectivity index (χ2n) is 6.04. The average molecular weight is 350 g/mol. The maximum atomic E-state index is 12.1. The van der Waals surface area contributed by atoms with E-state index in [1.165, 1.54) is 6.08 Å². The molecule has 0 heterocycles. The van der Waals surface area contributed by atoms with Crippen LogP contribution in [-0.4, -0.2) is 29.6 Å². The second kappa shape index (κ2) is 6.37. The first-order valence-electron chi connectivity index (χ1n) is 7.73. The minimum atomic E-state index is -4.39. The maximum absolute atomic E-state index is 12.1. The van der Waals surface area contributed by atoms with Crippen molar-refractivity contribution in [2.45, 2.75) is 30.6 Å². The van der Waals surface area contributed by atoms with Crippen LogP contribution in [0.1, 0.15) is 25.7 Å². The van der Waals surface area contributed by atoms with Gasteiger partial charge in [-0.15, -0.1) is 0 Å². The summed E-state index contributed by atoms with van der Waals surface area (Å²) < 4.78 is 31.5. The third-order valence-electron chi connectivity index (χ3n) is 4.48. The van der Waals surface area contributed by atoms with Gasteiger partial charge < -0.3 is 5.11 Å². The highest BCUT2D eigenvalue weighted by Gasteiger charge is 2.33. The fourth-order valence-corrected chi connectivity index (χ4v) is 3.74. The number of nitrogens with one attached hydrogen (secondary N) is 1. The number of hydrogen-bond donors (Lipinski definition) is 3. The number of fused-ring (bicyclic) bond motifs is 1. The fourth-order valence-electron chi connectivity index (χ4n) is 3.23. The Morgan fingerprint density at radius 1 is 1.21 bits per heavy atom. The van der Waals surface area contributed by atoms with Crippen molar-refractivity contribution in [2.75, 3.05) is 5.43 Å². The highest BCUT2D eigenvalue weighted by Crippen LogP contribution is 2.35. The number of nitrogens with zero attached hydrogens (tertiary/aromatic N) is 1. The van der Waals surface area contributed by atoms with Crippen LogP contribution in [0.4, 0.5) is 5.69 Å². The van der Waals surface area contributed by atoms with Crippen molar-refractivity contribution in [1.82, 2.24) is 0 Å². The molecule has 0 aromatic heterocycles. The molecule has 7 nitrogen and oxygen atoms in total. The van der Waals surface area contributed by atoms with Crippen LogP contribution in [0.3, 0.4) is 0 Å². The van der Waals surface area contributed by atoms with E-state index in [0.717, 1.165) is 43.9 Å². The number of hydrogen-bond acceptors (Lipinski definition) is 6. The number of phenols is 1. The van der Waals surface area contributed by atoms with E-state index in [1.54, 1.807) is 0 Å². The Kier molecular flexibility index (Phi) is 4.42. The van der Waals surface area contributed by atoms with Crippen LogP contribution in [0, 0.1) is 11.8 Å². The topological polar surface area (TPSA) is 116 Å². The van der Waals surface area contributed by atoms with Crippen molar-refractivity contribution in [1.29, 1.82) is 0 Å². The number of rotatable bonds is 3. The zero-order valence-electron chi connectivity index (χ0n) is 12.8. The van der Waals surface area contributed by atoms with Crippen LogP contribution in [0.25, 0.3) is 0 Å². The summed E-state index contributed by atoms with van der Waals surface area (Å²) in [7, 11) is -4.39. The number of ketones is 1. The zero-order chi connectivity index (χ0) is 17.3. The Hall–Kier alpha value is -2.19. The number of anilines is 1. The van der Waals surface area contributed by atoms with Crippen molar-refractivity contribution >= 4 is 27.3 Å². The van der Waals surface area contributed by atoms with Gasteiger partial charge in [-0.05, 0) is 43.0 Å². The molecule has 24 heavy (non-hydrogen) atoms. The highest BCUT2D eigenvalue weighted by molar-refractivity contribution is 7.85. The number of phenolic OH excluding ortho intramolecular Hbond substituents is 1. The predicted molar refractivity (Wildman–Crippen MR) is 88.6 cm³/mol. The Bertz CT molecular complexity index is 829. The van der Waals surface area contributed by atoms with Crippen LogP contribution in [0.2, 0.25) is 0 Å². The van der Waals surface area contributed by atoms with E-state index in [9.17, 15) is 18.3 Å². The molecular weight excluding hydrogens is 332 g/mol. The fraction of sp³-hybridized carbons (Fsp3) is 0.375. The van der Waals surface area contributed by atoms with Gasteiger partial charge in [0, 0.05) is 5.92 Å². The first-order valence-corrected chi connectivity index (χ1v) is 9.17. The number of allylic oxidation sites excluding steroid dienone is 2. The predicted octanol–water partition coefficient (Wildman–Crippen LogP) is 2.35. The Morgan fingerprint density at radius 3 is 2.71 bits per heavy atom. The largest absolute Gasteiger partial charge is 0.506 e. The summed E-state index contributed by atoms with van der Waals surface area (Å²) in [6.07, 6.45) is 7.49. The SMILES string of the molecule is O=C1C=CC2CCCCC2/C1=N\Nc1cc(S(=O)(=O)O)ccc1O. The van der Waals surface area contributed by atoms with E-state index in [2.05, 4.69) is 10.5 Å². The molecule has 128 valence electrons. The Labute approximate surface area is 139 Å². The van der Waals surface area contributed by atoms with E-state index >= 15 is 0 Å². The lowest BCUT2D eigenvalue weighted by molar-refractivity contribution is -0.109. The lowest BCUT2D eigenvalue weighted by atomic mass is 9.73. The van der Waals surface area contributed by atoms with Crippen molar-refractivity contribution in [3.63, 3.8) is 0 Å². The molecule has 2 aliphatic carbocycles. The molecular formula is C16H18N2O5S. The first kappa shape index (κ1) is 16.7. The van der Waals surface area contributed by atoms with Crippen LogP contribution < -0.4 is 5.43 Å². The van der Waals surface area contributed by atoms with Gasteiger partial charge in [0.2, 0.25) is 5.78 Å². The van der Waals surface area contributed by atoms with Gasteiger partial charge in [-0.25, -0.2) is 0 Å². The van der Waals surface area contributed by atoms with Crippen molar-refractivity contribution < 1.29 is 22.9 Å². The molecule has 2 atom stereocenters. The Morgan fingerprint density at radius 2 is 1.96 bits per heavy atom. The van der Waals surface area contributed by atoms with Crippen LogP contribution >= 0.6 is 0 Å². The molecule has 0 bridgehead atoms. The van der Waals surface area contributed by atoms with Gasteiger partial charge >= 0.3 is 0 Å². The maximum Gasteiger partial charge on any atom is 0.294 e. The molecule has 2 unspecified atom stereocenters. The number of carbonyl (C=O) groups excluding carboxylic acids is 1. The smallest absolute Gasteiger partial charge is 0.294 e. The number of benzene rings is 1. The van der Waals surface area contributed by atoms with E-state index in [4.69, 9.17) is 4.55 Å². The third-order valence-corrected chi connectivity index (χ3v) is 5.33. The van der Waals surface area contributed by atoms with Crippen LogP contribution in [-0.2, 0) is 14.9 Å². The minimum absolute atomic E-state index is 0.00679. The van der Waals surface area contributed by atoms with Crippen molar-refractivity contribution in [3.05, 3.63) is 30.4 Å². The molecule has 0 aliphatic heterocycles. The van der Waals surface area contributed by atoms with Gasteiger partial charge in [-0.2, -0.15) is 13.5 Å². The Balaban J connectivity index is 1.89. The highest BCUT2D eigenvalue weighted by atomic mass is 32.2. The number of carbonyl (C=O) groups is 1. The average Bonchev–Trinajstić information content (AvgIpc) is 2.54. The van der Waals surface area contributed by atoms with Crippen molar-refractivity contribution in [3.8, 4) is 5.75 Å². The quantitative estimate of drug-likeness (QED) is 0.438. The summed E-state index contributed by atoms with van der Waals surface area (Å²) in [6, 6.07) is 3.28. The molecule has 0 amide bonds. The van der Waals surface area contributed by atoms with E-state index in [-0.39, 0.29) is 34.0 Å². The standard InChI is InChI=1S/C16H18N2O5S/c19-14-8-6-11(24(21,22)23)9-13(14)17-18-16-12-4-2-1-3-10(12)5-7-15(16)20/h5-10,12,17,19H,1-4H2,(H,21,22,23)/b18-16+. The van der Waals surface area contributed by atoms with Gasteiger partial charge in [0.15, 0.2) is 0 Å². The number of hydrazone groups is 1. The molecule has 0 spiro atoms. The number of aromatic hydroxyl groups is 1. The summed E-state index contributed by atoms with van der Waals surface area (Å²) in [5.41, 5.74) is 2.96. The molecule has 1 saturated carbocycles. The summed E-state index contributed by atoms with van der Waals surface area (Å²) in [6.45, 7) is 0. The van der Waals surface area contributed by atoms with Crippen LogP contribution in [0.5, 0.6) is 5.75 Å². The third kappa shape index (κ3) is 3.34. The zero-order valence-corrected chi connectivity index (χ0v) is 13.7. The van der Waals surface area contributed by atoms with Gasteiger partial charge in [0.25, 0.3) is 10.1 Å². The second-order valence-corrected chi connectivity index (χ2v) is 7.46. The molecule has 8 heteroatoms. The summed E-state index contributed by atoms with van der Waals surface area (Å²) >= 11 is 0. The first-order chi connectivity index (χ1) is 11.4. The summed E-state index contributed by atoms with van der Waals surface area (Å²) in [4.78, 5) is 11.8. The molecule has 2 aliphatic rings. The van der Waals surface area contributed by atoms with Gasteiger partial charge in [-0.3, -0.25) is 14.8 Å². The van der Waals surface area contributed by atoms with E-state index < -0.39 is 10.1 Å². The molecule has 0 radical (unpaired) electrons.